The van der Waals surface area contributed by atoms with E-state index >= 15 is 0 Å². The molecule has 0 heterocycles. The summed E-state index contributed by atoms with van der Waals surface area (Å²) in [5.41, 5.74) is -0.405. The van der Waals surface area contributed by atoms with Crippen LogP contribution in [0.1, 0.15) is 31.1 Å². The van der Waals surface area contributed by atoms with Gasteiger partial charge in [0.25, 0.3) is 0 Å². The minimum absolute atomic E-state index is 0.0136. The molecule has 0 saturated carbocycles. The molecule has 0 unspecified atom stereocenters. The first-order chi connectivity index (χ1) is 6.79. The van der Waals surface area contributed by atoms with Gasteiger partial charge in [-0.05, 0) is 39.0 Å². The van der Waals surface area contributed by atoms with Gasteiger partial charge >= 0.3 is 5.97 Å². The molecule has 0 radical (unpaired) electrons. The predicted octanol–water partition coefficient (Wildman–Crippen LogP) is 3.00. The van der Waals surface area contributed by atoms with Gasteiger partial charge < -0.3 is 9.84 Å². The fourth-order valence-corrected chi connectivity index (χ4v) is 1.20. The molecule has 0 aliphatic heterocycles. The zero-order valence-electron chi connectivity index (χ0n) is 8.87. The molecule has 1 aromatic rings. The topological polar surface area (TPSA) is 46.5 Å². The molecule has 0 aromatic heterocycles. The summed E-state index contributed by atoms with van der Waals surface area (Å²) in [6.45, 7) is 5.30. The van der Waals surface area contributed by atoms with Crippen LogP contribution in [0, 0.1) is 0 Å². The molecule has 0 amide bonds. The molecular formula is C11H13ClO3. The van der Waals surface area contributed by atoms with E-state index < -0.39 is 11.6 Å². The van der Waals surface area contributed by atoms with E-state index in [1.165, 1.54) is 18.2 Å². The number of aromatic hydroxyl groups is 1. The first kappa shape index (κ1) is 11.9. The number of rotatable bonds is 1. The molecule has 82 valence electrons. The average Bonchev–Trinajstić information content (AvgIpc) is 2.06. The Hall–Kier alpha value is -1.22. The van der Waals surface area contributed by atoms with Crippen molar-refractivity contribution in [2.45, 2.75) is 26.4 Å². The van der Waals surface area contributed by atoms with E-state index in [0.717, 1.165) is 0 Å². The standard InChI is InChI=1S/C11H13ClO3/c1-11(2,3)15-10(14)8-6-7(13)4-5-9(8)12/h4-6,13H,1-3H3. The minimum Gasteiger partial charge on any atom is -0.508 e. The van der Waals surface area contributed by atoms with Crippen molar-refractivity contribution in [1.29, 1.82) is 0 Å². The normalized spacial score (nSPS) is 11.2. The number of carbonyl (C=O) groups excluding carboxylic acids is 1. The Balaban J connectivity index is 2.96. The maximum Gasteiger partial charge on any atom is 0.340 e. The number of ether oxygens (including phenoxy) is 1. The van der Waals surface area contributed by atoms with Crippen LogP contribution in [0.2, 0.25) is 5.02 Å². The zero-order valence-corrected chi connectivity index (χ0v) is 9.63. The highest BCUT2D eigenvalue weighted by Crippen LogP contribution is 2.23. The Kier molecular flexibility index (Phi) is 3.25. The molecule has 1 rings (SSSR count). The molecule has 15 heavy (non-hydrogen) atoms. The Labute approximate surface area is 93.6 Å². The van der Waals surface area contributed by atoms with Crippen LogP contribution in [0.3, 0.4) is 0 Å². The Bertz CT molecular complexity index is 380. The second-order valence-corrected chi connectivity index (χ2v) is 4.57. The smallest absolute Gasteiger partial charge is 0.340 e. The first-order valence-electron chi connectivity index (χ1n) is 4.51. The van der Waals surface area contributed by atoms with Gasteiger partial charge in [0.15, 0.2) is 0 Å². The van der Waals surface area contributed by atoms with E-state index in [0.29, 0.717) is 0 Å². The fraction of sp³-hybridized carbons (Fsp3) is 0.364. The quantitative estimate of drug-likeness (QED) is 0.752. The monoisotopic (exact) mass is 228 g/mol. The van der Waals surface area contributed by atoms with Crippen molar-refractivity contribution in [1.82, 2.24) is 0 Å². The zero-order chi connectivity index (χ0) is 11.6. The molecule has 0 saturated heterocycles. The van der Waals surface area contributed by atoms with Gasteiger partial charge in [0.2, 0.25) is 0 Å². The number of halogens is 1. The van der Waals surface area contributed by atoms with Crippen LogP contribution in [-0.4, -0.2) is 16.7 Å². The molecule has 0 spiro atoms. The number of carbonyl (C=O) groups is 1. The lowest BCUT2D eigenvalue weighted by molar-refractivity contribution is 0.00693. The van der Waals surface area contributed by atoms with Gasteiger partial charge in [-0.3, -0.25) is 0 Å². The maximum atomic E-state index is 11.6. The van der Waals surface area contributed by atoms with Crippen molar-refractivity contribution in [2.75, 3.05) is 0 Å². The van der Waals surface area contributed by atoms with Crippen molar-refractivity contribution in [3.8, 4) is 5.75 Å². The summed E-state index contributed by atoms with van der Waals surface area (Å²) in [6.07, 6.45) is 0. The molecule has 3 nitrogen and oxygen atoms in total. The fourth-order valence-electron chi connectivity index (χ4n) is 1.00. The third-order valence-electron chi connectivity index (χ3n) is 1.57. The van der Waals surface area contributed by atoms with E-state index in [9.17, 15) is 9.90 Å². The van der Waals surface area contributed by atoms with E-state index in [4.69, 9.17) is 16.3 Å². The molecule has 1 aromatic carbocycles. The van der Waals surface area contributed by atoms with Gasteiger partial charge in [0, 0.05) is 0 Å². The molecule has 0 fully saturated rings. The molecule has 0 aliphatic rings. The van der Waals surface area contributed by atoms with Crippen molar-refractivity contribution >= 4 is 17.6 Å². The number of phenols is 1. The van der Waals surface area contributed by atoms with Gasteiger partial charge in [-0.25, -0.2) is 4.79 Å². The van der Waals surface area contributed by atoms with Crippen molar-refractivity contribution in [3.63, 3.8) is 0 Å². The lowest BCUT2D eigenvalue weighted by Gasteiger charge is -2.19. The molecule has 0 aliphatic carbocycles. The van der Waals surface area contributed by atoms with Crippen molar-refractivity contribution in [2.24, 2.45) is 0 Å². The van der Waals surface area contributed by atoms with Crippen LogP contribution in [-0.2, 0) is 4.74 Å². The number of hydrogen-bond acceptors (Lipinski definition) is 3. The minimum atomic E-state index is -0.578. The third-order valence-corrected chi connectivity index (χ3v) is 1.90. The number of hydrogen-bond donors (Lipinski definition) is 1. The van der Waals surface area contributed by atoms with E-state index in [1.54, 1.807) is 20.8 Å². The van der Waals surface area contributed by atoms with Gasteiger partial charge in [0.05, 0.1) is 10.6 Å². The Morgan fingerprint density at radius 3 is 2.53 bits per heavy atom. The van der Waals surface area contributed by atoms with Crippen molar-refractivity contribution < 1.29 is 14.6 Å². The van der Waals surface area contributed by atoms with Gasteiger partial charge in [-0.1, -0.05) is 11.6 Å². The van der Waals surface area contributed by atoms with Gasteiger partial charge in [-0.15, -0.1) is 0 Å². The first-order valence-corrected chi connectivity index (χ1v) is 4.89. The Morgan fingerprint density at radius 1 is 1.40 bits per heavy atom. The average molecular weight is 229 g/mol. The second kappa shape index (κ2) is 4.11. The molecule has 1 N–H and O–H groups in total. The summed E-state index contributed by atoms with van der Waals surface area (Å²) in [5.74, 6) is -0.552. The summed E-state index contributed by atoms with van der Waals surface area (Å²) in [4.78, 5) is 11.6. The number of benzene rings is 1. The SMILES string of the molecule is CC(C)(C)OC(=O)c1cc(O)ccc1Cl. The van der Waals surface area contributed by atoms with Crippen LogP contribution in [0.5, 0.6) is 5.75 Å². The highest BCUT2D eigenvalue weighted by Gasteiger charge is 2.20. The summed E-state index contributed by atoms with van der Waals surface area (Å²) >= 11 is 5.81. The summed E-state index contributed by atoms with van der Waals surface area (Å²) in [5, 5.41) is 9.48. The third kappa shape index (κ3) is 3.44. The molecule has 0 atom stereocenters. The van der Waals surface area contributed by atoms with E-state index in [-0.39, 0.29) is 16.3 Å². The second-order valence-electron chi connectivity index (χ2n) is 4.17. The Morgan fingerprint density at radius 2 is 2.00 bits per heavy atom. The number of phenolic OH excluding ortho intramolecular Hbond substituents is 1. The number of esters is 1. The van der Waals surface area contributed by atoms with E-state index in [2.05, 4.69) is 0 Å². The molecular weight excluding hydrogens is 216 g/mol. The summed E-state index contributed by atoms with van der Waals surface area (Å²) in [7, 11) is 0. The van der Waals surface area contributed by atoms with Crippen LogP contribution < -0.4 is 0 Å². The lowest BCUT2D eigenvalue weighted by Crippen LogP contribution is -2.24. The highest BCUT2D eigenvalue weighted by atomic mass is 35.5. The van der Waals surface area contributed by atoms with Gasteiger partial charge in [-0.2, -0.15) is 0 Å². The lowest BCUT2D eigenvalue weighted by atomic mass is 10.1. The van der Waals surface area contributed by atoms with Crippen LogP contribution in [0.15, 0.2) is 18.2 Å². The van der Waals surface area contributed by atoms with Crippen LogP contribution in [0.4, 0.5) is 0 Å². The summed E-state index contributed by atoms with van der Waals surface area (Å²) in [6, 6.07) is 4.16. The van der Waals surface area contributed by atoms with Crippen LogP contribution in [0.25, 0.3) is 0 Å². The van der Waals surface area contributed by atoms with Crippen LogP contribution >= 0.6 is 11.6 Å². The summed E-state index contributed by atoms with van der Waals surface area (Å²) < 4.78 is 5.13. The maximum absolute atomic E-state index is 11.6. The van der Waals surface area contributed by atoms with Gasteiger partial charge in [0.1, 0.15) is 11.4 Å². The molecule has 0 bridgehead atoms. The largest absolute Gasteiger partial charge is 0.508 e. The highest BCUT2D eigenvalue weighted by molar-refractivity contribution is 6.33. The predicted molar refractivity (Wildman–Crippen MR) is 58.3 cm³/mol. The van der Waals surface area contributed by atoms with E-state index in [1.807, 2.05) is 0 Å². The molecule has 4 heteroatoms. The van der Waals surface area contributed by atoms with Crippen molar-refractivity contribution in [3.05, 3.63) is 28.8 Å².